The molecule has 0 aliphatic carbocycles. The summed E-state index contributed by atoms with van der Waals surface area (Å²) in [4.78, 5) is 0. The largest absolute Gasteiger partial charge is 0.380 e. The van der Waals surface area contributed by atoms with Crippen LogP contribution in [0.25, 0.3) is 0 Å². The summed E-state index contributed by atoms with van der Waals surface area (Å²) in [5.74, 6) is 2.75. The van der Waals surface area contributed by atoms with E-state index in [-0.39, 0.29) is 11.6 Å². The number of hydrogen-bond acceptors (Lipinski definition) is 3. The lowest BCUT2D eigenvalue weighted by atomic mass is 10.0. The van der Waals surface area contributed by atoms with Gasteiger partial charge in [-0.1, -0.05) is 19.3 Å². The van der Waals surface area contributed by atoms with Crippen LogP contribution in [0.1, 0.15) is 33.6 Å². The van der Waals surface area contributed by atoms with Crippen LogP contribution in [0.15, 0.2) is 0 Å². The van der Waals surface area contributed by atoms with Crippen LogP contribution >= 0.6 is 0 Å². The zero-order valence-corrected chi connectivity index (χ0v) is 10.2. The molecule has 0 aromatic heterocycles. The number of terminal acetylenes is 1. The molecule has 0 fully saturated rings. The Balaban J connectivity index is 4.20. The van der Waals surface area contributed by atoms with Gasteiger partial charge in [0, 0.05) is 13.2 Å². The normalized spacial score (nSPS) is 16.7. The molecule has 3 nitrogen and oxygen atoms in total. The molecule has 0 aliphatic heterocycles. The highest BCUT2D eigenvalue weighted by Crippen LogP contribution is 2.07. The van der Waals surface area contributed by atoms with Gasteiger partial charge < -0.3 is 10.5 Å². The third kappa shape index (κ3) is 5.78. The van der Waals surface area contributed by atoms with Gasteiger partial charge in [0.25, 0.3) is 0 Å². The van der Waals surface area contributed by atoms with Crippen LogP contribution < -0.4 is 11.1 Å². The van der Waals surface area contributed by atoms with Crippen LogP contribution in [0.2, 0.25) is 0 Å². The van der Waals surface area contributed by atoms with Crippen LogP contribution in [0.5, 0.6) is 0 Å². The summed E-state index contributed by atoms with van der Waals surface area (Å²) in [7, 11) is 0. The van der Waals surface area contributed by atoms with Crippen molar-refractivity contribution in [2.45, 2.75) is 45.2 Å². The minimum absolute atomic E-state index is 0.0870. The summed E-state index contributed by atoms with van der Waals surface area (Å²) in [6.45, 7) is 7.96. The van der Waals surface area contributed by atoms with Crippen molar-refractivity contribution in [3.63, 3.8) is 0 Å². The summed E-state index contributed by atoms with van der Waals surface area (Å²) in [6.07, 6.45) is 7.49. The average molecular weight is 212 g/mol. The van der Waals surface area contributed by atoms with Gasteiger partial charge in [-0.3, -0.25) is 5.32 Å². The molecule has 0 amide bonds. The molecule has 0 rings (SSSR count). The molecule has 0 radical (unpaired) electrons. The molecule has 0 aliphatic rings. The van der Waals surface area contributed by atoms with Crippen LogP contribution in [0, 0.1) is 12.3 Å². The van der Waals surface area contributed by atoms with Crippen molar-refractivity contribution >= 4 is 0 Å². The Morgan fingerprint density at radius 2 is 2.20 bits per heavy atom. The van der Waals surface area contributed by atoms with Crippen LogP contribution in [0.4, 0.5) is 0 Å². The second-order valence-electron chi connectivity index (χ2n) is 4.05. The van der Waals surface area contributed by atoms with E-state index in [9.17, 15) is 0 Å². The van der Waals surface area contributed by atoms with E-state index in [0.717, 1.165) is 12.8 Å². The standard InChI is InChI=1S/C12H24N2O/c1-5-8-11(6-2)14-12(4,9-13)10-15-7-3/h2,11,14H,5,7-10,13H2,1,3-4H3. The zero-order chi connectivity index (χ0) is 11.7. The highest BCUT2D eigenvalue weighted by Gasteiger charge is 2.24. The first-order chi connectivity index (χ1) is 7.11. The molecular weight excluding hydrogens is 188 g/mol. The van der Waals surface area contributed by atoms with Gasteiger partial charge in [-0.15, -0.1) is 6.42 Å². The quantitative estimate of drug-likeness (QED) is 0.593. The summed E-state index contributed by atoms with van der Waals surface area (Å²) >= 11 is 0. The third-order valence-corrected chi connectivity index (χ3v) is 2.38. The van der Waals surface area contributed by atoms with Gasteiger partial charge in [-0.05, 0) is 20.3 Å². The third-order valence-electron chi connectivity index (χ3n) is 2.38. The monoisotopic (exact) mass is 212 g/mol. The summed E-state index contributed by atoms with van der Waals surface area (Å²) in [6, 6.07) is 0.0870. The number of hydrogen-bond donors (Lipinski definition) is 2. The van der Waals surface area contributed by atoms with E-state index in [1.165, 1.54) is 0 Å². The van der Waals surface area contributed by atoms with Crippen LogP contribution in [-0.4, -0.2) is 31.3 Å². The van der Waals surface area contributed by atoms with Gasteiger partial charge in [0.05, 0.1) is 18.2 Å². The van der Waals surface area contributed by atoms with Gasteiger partial charge in [-0.25, -0.2) is 0 Å². The lowest BCUT2D eigenvalue weighted by molar-refractivity contribution is 0.0841. The molecule has 0 saturated carbocycles. The second kappa shape index (κ2) is 7.70. The van der Waals surface area contributed by atoms with Crippen molar-refractivity contribution in [3.05, 3.63) is 0 Å². The topological polar surface area (TPSA) is 47.3 Å². The number of ether oxygens (including phenoxy) is 1. The van der Waals surface area contributed by atoms with Crippen molar-refractivity contribution in [2.24, 2.45) is 5.73 Å². The van der Waals surface area contributed by atoms with Crippen molar-refractivity contribution in [3.8, 4) is 12.3 Å². The lowest BCUT2D eigenvalue weighted by Crippen LogP contribution is -2.55. The molecule has 15 heavy (non-hydrogen) atoms. The van der Waals surface area contributed by atoms with E-state index in [1.807, 2.05) is 13.8 Å². The van der Waals surface area contributed by atoms with Crippen molar-refractivity contribution in [2.75, 3.05) is 19.8 Å². The van der Waals surface area contributed by atoms with Gasteiger partial charge in [0.2, 0.25) is 0 Å². The van der Waals surface area contributed by atoms with Crippen molar-refractivity contribution < 1.29 is 4.74 Å². The molecule has 88 valence electrons. The first-order valence-electron chi connectivity index (χ1n) is 5.63. The summed E-state index contributed by atoms with van der Waals surface area (Å²) in [5.41, 5.74) is 5.52. The fraction of sp³-hybridized carbons (Fsp3) is 0.833. The fourth-order valence-corrected chi connectivity index (χ4v) is 1.39. The molecule has 0 bridgehead atoms. The molecule has 0 aromatic rings. The predicted octanol–water partition coefficient (Wildman–Crippen LogP) is 1.13. The molecule has 2 unspecified atom stereocenters. The predicted molar refractivity (Wildman–Crippen MR) is 64.6 cm³/mol. The Morgan fingerprint density at radius 1 is 1.53 bits per heavy atom. The number of nitrogens with two attached hydrogens (primary N) is 1. The van der Waals surface area contributed by atoms with Crippen molar-refractivity contribution in [1.82, 2.24) is 5.32 Å². The molecule has 0 aromatic carbocycles. The minimum Gasteiger partial charge on any atom is -0.380 e. The average Bonchev–Trinajstić information content (AvgIpc) is 2.26. The Labute approximate surface area is 93.8 Å². The van der Waals surface area contributed by atoms with E-state index < -0.39 is 0 Å². The maximum absolute atomic E-state index is 5.74. The molecule has 2 atom stereocenters. The smallest absolute Gasteiger partial charge is 0.0692 e. The Kier molecular flexibility index (Phi) is 7.41. The first-order valence-corrected chi connectivity index (χ1v) is 5.63. The van der Waals surface area contributed by atoms with E-state index >= 15 is 0 Å². The Bertz CT molecular complexity index is 200. The number of nitrogens with one attached hydrogen (secondary N) is 1. The highest BCUT2D eigenvalue weighted by atomic mass is 16.5. The zero-order valence-electron chi connectivity index (χ0n) is 10.2. The lowest BCUT2D eigenvalue weighted by Gasteiger charge is -2.32. The molecule has 0 heterocycles. The van der Waals surface area contributed by atoms with Crippen LogP contribution in [0.3, 0.4) is 0 Å². The Hall–Kier alpha value is -0.560. The fourth-order valence-electron chi connectivity index (χ4n) is 1.39. The maximum atomic E-state index is 5.74. The highest BCUT2D eigenvalue weighted by molar-refractivity contribution is 5.02. The van der Waals surface area contributed by atoms with E-state index in [2.05, 4.69) is 18.2 Å². The summed E-state index contributed by atoms with van der Waals surface area (Å²) in [5, 5.41) is 3.38. The van der Waals surface area contributed by atoms with Crippen molar-refractivity contribution in [1.29, 1.82) is 0 Å². The van der Waals surface area contributed by atoms with Gasteiger partial charge in [0.15, 0.2) is 0 Å². The van der Waals surface area contributed by atoms with Gasteiger partial charge >= 0.3 is 0 Å². The molecule has 3 heteroatoms. The number of rotatable bonds is 8. The summed E-state index contributed by atoms with van der Waals surface area (Å²) < 4.78 is 5.40. The minimum atomic E-state index is -0.220. The van der Waals surface area contributed by atoms with E-state index in [1.54, 1.807) is 0 Å². The van der Waals surface area contributed by atoms with Gasteiger partial charge in [0.1, 0.15) is 0 Å². The molecule has 0 spiro atoms. The molecular formula is C12H24N2O. The van der Waals surface area contributed by atoms with Crippen LogP contribution in [-0.2, 0) is 4.74 Å². The van der Waals surface area contributed by atoms with E-state index in [0.29, 0.717) is 19.8 Å². The van der Waals surface area contributed by atoms with Gasteiger partial charge in [-0.2, -0.15) is 0 Å². The SMILES string of the molecule is C#CC(CCC)NC(C)(CN)COCC. The molecule has 3 N–H and O–H groups in total. The second-order valence-corrected chi connectivity index (χ2v) is 4.05. The Morgan fingerprint density at radius 3 is 2.60 bits per heavy atom. The molecule has 0 saturated heterocycles. The first kappa shape index (κ1) is 14.4. The maximum Gasteiger partial charge on any atom is 0.0692 e. The van der Waals surface area contributed by atoms with E-state index in [4.69, 9.17) is 16.9 Å².